The van der Waals surface area contributed by atoms with Crippen LogP contribution >= 0.6 is 0 Å². The lowest BCUT2D eigenvalue weighted by Gasteiger charge is -2.33. The van der Waals surface area contributed by atoms with E-state index in [1.807, 2.05) is 29.7 Å². The van der Waals surface area contributed by atoms with Gasteiger partial charge in [0.25, 0.3) is 5.91 Å². The molecule has 9 atom stereocenters. The van der Waals surface area contributed by atoms with Gasteiger partial charge in [-0.25, -0.2) is 15.2 Å². The number of likely N-dealkylation sites (tertiary alicyclic amines) is 1. The molecule has 27 N–H and O–H groups in total. The van der Waals surface area contributed by atoms with Crippen molar-refractivity contribution in [3.63, 3.8) is 0 Å². The molecule has 10 aromatic rings. The van der Waals surface area contributed by atoms with Crippen LogP contribution < -0.4 is 81.2 Å². The highest BCUT2D eigenvalue weighted by molar-refractivity contribution is 6.09. The number of hydrogen-bond donors (Lipinski definition) is 24. The number of benzene rings is 7. The minimum absolute atomic E-state index is 0.00217. The summed E-state index contributed by atoms with van der Waals surface area (Å²) in [6.45, 7) is -2.34. The van der Waals surface area contributed by atoms with Crippen LogP contribution in [0, 0.1) is 10.8 Å². The van der Waals surface area contributed by atoms with E-state index < -0.39 is 189 Å². The van der Waals surface area contributed by atoms with E-state index in [2.05, 4.69) is 78.5 Å². The van der Waals surface area contributed by atoms with E-state index in [9.17, 15) is 54.0 Å². The van der Waals surface area contributed by atoms with E-state index >= 15 is 38.4 Å². The molecule has 45 nitrogen and oxygen atoms in total. The van der Waals surface area contributed by atoms with E-state index in [0.29, 0.717) is 78.2 Å². The number of para-hydroxylation sites is 2. The highest BCUT2D eigenvalue weighted by Gasteiger charge is 2.41. The number of hydrazine groups is 1. The Bertz CT molecular complexity index is 6170. The molecule has 0 radical (unpaired) electrons. The van der Waals surface area contributed by atoms with Crippen molar-refractivity contribution in [1.29, 1.82) is 10.8 Å². The first-order chi connectivity index (χ1) is 68.8. The molecular weight excluding hydrogens is 1850 g/mol. The number of aromatic amines is 3. The summed E-state index contributed by atoms with van der Waals surface area (Å²) in [6.07, 6.45) is 4.25. The lowest BCUT2D eigenvalue weighted by Crippen LogP contribution is -2.62. The summed E-state index contributed by atoms with van der Waals surface area (Å²) in [5.41, 5.74) is 25.9. The summed E-state index contributed by atoms with van der Waals surface area (Å²) in [7, 11) is 0. The number of aliphatic hydroxyl groups excluding tert-OH is 1. The molecule has 2 fully saturated rings. The molecule has 3 aromatic heterocycles. The van der Waals surface area contributed by atoms with Crippen LogP contribution in [0.25, 0.3) is 32.6 Å². The normalized spacial score (nSPS) is 15.6. The van der Waals surface area contributed by atoms with Crippen molar-refractivity contribution in [3.8, 4) is 0 Å². The number of nitrogens with two attached hydrogens (primary N) is 3. The van der Waals surface area contributed by atoms with Gasteiger partial charge in [0.15, 0.2) is 17.7 Å². The van der Waals surface area contributed by atoms with Gasteiger partial charge in [0.05, 0.1) is 39.1 Å². The van der Waals surface area contributed by atoms with Gasteiger partial charge in [-0.05, 0) is 88.5 Å². The Labute approximate surface area is 820 Å². The molecule has 12 amide bonds. The van der Waals surface area contributed by atoms with Crippen molar-refractivity contribution >= 4 is 139 Å². The third-order valence-corrected chi connectivity index (χ3v) is 24.6. The molecule has 754 valence electrons. The quantitative estimate of drug-likeness (QED) is 0.00724. The third-order valence-electron chi connectivity index (χ3n) is 24.6. The van der Waals surface area contributed by atoms with Crippen molar-refractivity contribution in [2.75, 3.05) is 104 Å². The van der Waals surface area contributed by atoms with Crippen LogP contribution in [-0.4, -0.2) is 318 Å². The maximum atomic E-state index is 15.8. The summed E-state index contributed by atoms with van der Waals surface area (Å²) >= 11 is 0. The van der Waals surface area contributed by atoms with Crippen LogP contribution in [0.5, 0.6) is 0 Å². The second kappa shape index (κ2) is 51.4. The van der Waals surface area contributed by atoms with Crippen LogP contribution in [0.3, 0.4) is 0 Å². The Kier molecular flexibility index (Phi) is 37.9. The number of carbonyl (C=O) groups excluding carboxylic acids is 12. The number of ketones is 1. The number of H-pyrrole nitrogens is 3. The first kappa shape index (κ1) is 105. The van der Waals surface area contributed by atoms with E-state index in [4.69, 9.17) is 28.0 Å². The predicted octanol–water partition coefficient (Wildman–Crippen LogP) is -0.882. The first-order valence-electron chi connectivity index (χ1n) is 46.5. The van der Waals surface area contributed by atoms with Crippen LogP contribution in [-0.2, 0) is 101 Å². The molecular formula is C98H118N26O19. The van der Waals surface area contributed by atoms with Gasteiger partial charge in [0.1, 0.15) is 54.4 Å². The molecule has 5 heterocycles. The second-order valence-electron chi connectivity index (χ2n) is 35.0. The van der Waals surface area contributed by atoms with Crippen molar-refractivity contribution in [2.24, 2.45) is 17.2 Å². The van der Waals surface area contributed by atoms with E-state index in [0.717, 1.165) is 5.39 Å². The molecule has 0 bridgehead atoms. The fraction of sp³-hybridized carbons (Fsp3) is 0.347. The van der Waals surface area contributed by atoms with Crippen LogP contribution in [0.4, 0.5) is 10.5 Å². The Balaban J connectivity index is 0.822. The Morgan fingerprint density at radius 2 is 0.853 bits per heavy atom. The van der Waals surface area contributed by atoms with E-state index in [1.54, 1.807) is 178 Å². The number of primary amides is 1. The molecule has 1 unspecified atom stereocenters. The zero-order chi connectivity index (χ0) is 102. The van der Waals surface area contributed by atoms with Crippen LogP contribution in [0.2, 0.25) is 0 Å². The van der Waals surface area contributed by atoms with E-state index in [1.165, 1.54) is 17.4 Å². The minimum atomic E-state index is -1.96. The standard InChI is InChI=1S/C98H118N26O19/c99-96(100)105-33-11-23-73(87(134)113-76(46-64-49-106-71-21-8-6-19-69(64)71)90(137)116-79(95(142)124-34-12-24-81(124)94(141)118-119-98(103)143)44-58-25-29-62(30-26-58)86(133)61-14-2-1-3-15-61)111-92(139)78(48-67-51-104-57-108-67)115-93(140)80(56-125)117-91(138)77(47-65-50-107-72-22-9-7-20-70(65)72)114-88(135)74(43-59-27-31-66(32-28-59)109-97(101)102)112-89(136)75(45-63-17-10-16-60-13-4-5-18-68(60)63)110-82(126)52-120-35-37-121(53-83(127)128)39-41-123(55-85(131)132)42-40-122(38-36-120)54-84(129)130/h1-10,13-22,25-32,49-51,57,73-81,106-107,125H,11-12,23-24,33-48,52-56H2,(H,104,108)(H,110,126)(H,111,139)(H,112,136)(H,113,134)(H,114,135)(H,115,140)(H,116,137)(H,117,138)(H,118,141)(H,127,128)(H,129,130)(H,131,132)(H4,99,100,105)(H4,101,102,109)(H3,103,119,143)/t73-,74+,75?,76+,77+,78+,79+,80+,81+/m1/s1. The molecule has 0 aliphatic carbocycles. The fourth-order valence-corrected chi connectivity index (χ4v) is 17.3. The van der Waals surface area contributed by atoms with Crippen molar-refractivity contribution in [1.82, 2.24) is 103 Å². The maximum absolute atomic E-state index is 15.8. The van der Waals surface area contributed by atoms with Gasteiger partial charge >= 0.3 is 23.9 Å². The van der Waals surface area contributed by atoms with Gasteiger partial charge < -0.3 is 111 Å². The second-order valence-corrected chi connectivity index (χ2v) is 35.0. The minimum Gasteiger partial charge on any atom is -0.480 e. The first-order valence-corrected chi connectivity index (χ1v) is 46.5. The molecule has 2 aliphatic rings. The summed E-state index contributed by atoms with van der Waals surface area (Å²) in [5, 5.41) is 87.0. The number of carboxylic acids is 3. The number of guanidine groups is 2. The number of rotatable bonds is 45. The number of carboxylic acid groups (broad SMARTS) is 3. The average Bonchev–Trinajstić information content (AvgIpc) is 1.64. The number of carbonyl (C=O) groups is 15. The monoisotopic (exact) mass is 1960 g/mol. The highest BCUT2D eigenvalue weighted by atomic mass is 16.4. The predicted molar refractivity (Wildman–Crippen MR) is 526 cm³/mol. The number of nitrogens with one attached hydrogen (secondary N) is 17. The van der Waals surface area contributed by atoms with Gasteiger partial charge in [0, 0.05) is 167 Å². The number of nitrogens with zero attached hydrogens (tertiary/aromatic N) is 6. The van der Waals surface area contributed by atoms with Gasteiger partial charge in [-0.1, -0.05) is 146 Å². The lowest BCUT2D eigenvalue weighted by molar-refractivity contribution is -0.142. The summed E-state index contributed by atoms with van der Waals surface area (Å²) in [6, 6.07) is 32.3. The third kappa shape index (κ3) is 31.2. The number of urea groups is 1. The number of aliphatic carboxylic acids is 3. The number of aliphatic hydroxyl groups is 1. The highest BCUT2D eigenvalue weighted by Crippen LogP contribution is 2.27. The number of amides is 12. The SMILES string of the molecule is N=C(N)NCCC[C@@H](NC(=O)[C@H](Cc1cnc[nH]1)NC(=O)[C@H](CO)NC(=O)[C@H](Cc1c[nH]c2ccccc12)NC(=O)[C@H](Cc1ccc(NC(=N)N)cc1)NC(=O)C(Cc1cccc2ccccc12)NC(=O)CN1CCN(CC(=O)O)CCN(CC(=O)O)CCN(CC(=O)O)CC1)C(=O)N[C@@H](Cc1c[nH]c2ccccc12)C(=O)N[C@@H](Cc1ccc(C(=O)c2ccccc2)cc1)C(=O)N1CCC[C@H]1C(=O)NNC(N)=O. The topological polar surface area (TPSA) is 684 Å². The van der Waals surface area contributed by atoms with Crippen molar-refractivity contribution in [3.05, 3.63) is 239 Å². The Morgan fingerprint density at radius 1 is 0.420 bits per heavy atom. The van der Waals surface area contributed by atoms with Crippen molar-refractivity contribution in [2.45, 2.75) is 119 Å². The molecule has 7 aromatic carbocycles. The summed E-state index contributed by atoms with van der Waals surface area (Å²) in [5.74, 6) is -14.0. The molecule has 0 spiro atoms. The van der Waals surface area contributed by atoms with Crippen LogP contribution in [0.15, 0.2) is 195 Å². The van der Waals surface area contributed by atoms with Gasteiger partial charge in [0.2, 0.25) is 53.2 Å². The van der Waals surface area contributed by atoms with Gasteiger partial charge in [-0.15, -0.1) is 0 Å². The number of aromatic nitrogens is 4. The smallest absolute Gasteiger partial charge is 0.330 e. The van der Waals surface area contributed by atoms with Gasteiger partial charge in [-0.3, -0.25) is 103 Å². The average molecular weight is 1960 g/mol. The zero-order valence-electron chi connectivity index (χ0n) is 78.2. The van der Waals surface area contributed by atoms with E-state index in [-0.39, 0.29) is 128 Å². The van der Waals surface area contributed by atoms with Crippen LogP contribution in [0.1, 0.15) is 75.1 Å². The number of fused-ring (bicyclic) bond motifs is 3. The number of anilines is 1. The zero-order valence-corrected chi connectivity index (χ0v) is 78.2. The molecule has 2 saturated heterocycles. The Morgan fingerprint density at radius 3 is 1.36 bits per heavy atom. The molecule has 12 rings (SSSR count). The molecule has 2 aliphatic heterocycles. The fourth-order valence-electron chi connectivity index (χ4n) is 17.3. The number of hydrogen-bond acceptors (Lipinski definition) is 23. The molecule has 0 saturated carbocycles. The molecule has 45 heteroatoms. The lowest BCUT2D eigenvalue weighted by atomic mass is 9.97. The Hall–Kier alpha value is -16.5. The number of imidazole rings is 1. The van der Waals surface area contributed by atoms with Crippen molar-refractivity contribution < 1.29 is 92.3 Å². The summed E-state index contributed by atoms with van der Waals surface area (Å²) < 4.78 is 0. The summed E-state index contributed by atoms with van der Waals surface area (Å²) in [4.78, 5) is 235. The maximum Gasteiger partial charge on any atom is 0.330 e. The van der Waals surface area contributed by atoms with Gasteiger partial charge in [-0.2, -0.15) is 0 Å². The largest absolute Gasteiger partial charge is 0.480 e. The molecule has 143 heavy (non-hydrogen) atoms.